The van der Waals surface area contributed by atoms with Gasteiger partial charge in [-0.15, -0.1) is 12.4 Å². The molecule has 3 heterocycles. The maximum absolute atomic E-state index is 6.28. The first-order valence-electron chi connectivity index (χ1n) is 8.83. The van der Waals surface area contributed by atoms with Crippen LogP contribution in [-0.2, 0) is 9.47 Å². The number of morpholine rings is 2. The van der Waals surface area contributed by atoms with Gasteiger partial charge in [0.2, 0.25) is 17.8 Å². The number of nitrogens with zero attached hydrogens (tertiary/aromatic N) is 5. The van der Waals surface area contributed by atoms with Crippen LogP contribution < -0.4 is 15.1 Å². The molecule has 0 atom stereocenters. The fourth-order valence-electron chi connectivity index (χ4n) is 2.95. The second kappa shape index (κ2) is 9.76. The largest absolute Gasteiger partial charge is 0.378 e. The lowest BCUT2D eigenvalue weighted by Gasteiger charge is -2.30. The molecule has 28 heavy (non-hydrogen) atoms. The highest BCUT2D eigenvalue weighted by atomic mass is 35.5. The summed E-state index contributed by atoms with van der Waals surface area (Å²) in [4.78, 5) is 18.0. The summed E-state index contributed by atoms with van der Waals surface area (Å²) >= 11 is 12.6. The maximum Gasteiger partial charge on any atom is 0.233 e. The summed E-state index contributed by atoms with van der Waals surface area (Å²) in [6.45, 7) is 5.54. The Kier molecular flexibility index (Phi) is 7.36. The second-order valence-electron chi connectivity index (χ2n) is 6.18. The number of anilines is 4. The zero-order valence-corrected chi connectivity index (χ0v) is 17.4. The van der Waals surface area contributed by atoms with Gasteiger partial charge in [-0.2, -0.15) is 15.0 Å². The van der Waals surface area contributed by atoms with Gasteiger partial charge in [-0.1, -0.05) is 29.3 Å². The molecule has 1 N–H and O–H groups in total. The molecule has 1 aromatic carbocycles. The number of hydrogen-bond donors (Lipinski definition) is 1. The molecule has 2 fully saturated rings. The first-order valence-corrected chi connectivity index (χ1v) is 9.59. The van der Waals surface area contributed by atoms with Crippen LogP contribution in [0.15, 0.2) is 18.2 Å². The zero-order chi connectivity index (χ0) is 18.6. The maximum atomic E-state index is 6.28. The molecule has 8 nitrogen and oxygen atoms in total. The van der Waals surface area contributed by atoms with Crippen molar-refractivity contribution in [3.63, 3.8) is 0 Å². The molecule has 0 saturated carbocycles. The monoisotopic (exact) mass is 446 g/mol. The Balaban J connectivity index is 0.00000225. The van der Waals surface area contributed by atoms with Gasteiger partial charge >= 0.3 is 0 Å². The molecule has 152 valence electrons. The van der Waals surface area contributed by atoms with Crippen LogP contribution in [0.4, 0.5) is 23.5 Å². The number of aromatic nitrogens is 3. The van der Waals surface area contributed by atoms with Gasteiger partial charge < -0.3 is 24.6 Å². The predicted octanol–water partition coefficient (Wildman–Crippen LogP) is 3.02. The van der Waals surface area contributed by atoms with Crippen molar-refractivity contribution in [1.82, 2.24) is 15.0 Å². The summed E-state index contributed by atoms with van der Waals surface area (Å²) in [5, 5.41) is 4.16. The summed E-state index contributed by atoms with van der Waals surface area (Å²) in [5.74, 6) is 1.63. The lowest BCUT2D eigenvalue weighted by Crippen LogP contribution is -2.40. The fourth-order valence-corrected chi connectivity index (χ4v) is 3.44. The first kappa shape index (κ1) is 21.1. The number of nitrogens with one attached hydrogen (secondary N) is 1. The molecule has 4 rings (SSSR count). The van der Waals surface area contributed by atoms with Gasteiger partial charge in [-0.3, -0.25) is 0 Å². The molecule has 2 saturated heterocycles. The standard InChI is InChI=1S/C17H20Cl2N6O2.ClH/c18-12-2-1-3-13(19)14(12)20-15-21-16(24-4-8-26-9-5-24)23-17(22-15)25-6-10-27-11-7-25;/h1-3H,4-11H2,(H,20,21,22,23);1H. The smallest absolute Gasteiger partial charge is 0.233 e. The van der Waals surface area contributed by atoms with E-state index >= 15 is 0 Å². The van der Waals surface area contributed by atoms with Crippen LogP contribution >= 0.6 is 35.6 Å². The molecule has 0 spiro atoms. The van der Waals surface area contributed by atoms with Crippen LogP contribution in [0.2, 0.25) is 10.0 Å². The topological polar surface area (TPSA) is 75.6 Å². The molecule has 1 aromatic heterocycles. The minimum Gasteiger partial charge on any atom is -0.378 e. The number of benzene rings is 1. The fraction of sp³-hybridized carbons (Fsp3) is 0.471. The lowest BCUT2D eigenvalue weighted by molar-refractivity contribution is 0.121. The van der Waals surface area contributed by atoms with E-state index in [0.29, 0.717) is 60.0 Å². The Morgan fingerprint density at radius 3 is 1.71 bits per heavy atom. The second-order valence-corrected chi connectivity index (χ2v) is 6.99. The molecular weight excluding hydrogens is 427 g/mol. The van der Waals surface area contributed by atoms with Gasteiger partial charge in [0.25, 0.3) is 0 Å². The van der Waals surface area contributed by atoms with E-state index in [1.807, 2.05) is 0 Å². The van der Waals surface area contributed by atoms with E-state index < -0.39 is 0 Å². The van der Waals surface area contributed by atoms with Gasteiger partial charge in [-0.25, -0.2) is 0 Å². The van der Waals surface area contributed by atoms with Gasteiger partial charge in [-0.05, 0) is 12.1 Å². The van der Waals surface area contributed by atoms with Crippen molar-refractivity contribution < 1.29 is 9.47 Å². The van der Waals surface area contributed by atoms with Crippen LogP contribution in [0.3, 0.4) is 0 Å². The highest BCUT2D eigenvalue weighted by Crippen LogP contribution is 2.32. The Labute approximate surface area is 179 Å². The Hall–Kier alpha value is -1.58. The van der Waals surface area contributed by atoms with Crippen molar-refractivity contribution in [3.8, 4) is 0 Å². The molecule has 0 bridgehead atoms. The van der Waals surface area contributed by atoms with Gasteiger partial charge in [0.15, 0.2) is 0 Å². The van der Waals surface area contributed by atoms with Gasteiger partial charge in [0.05, 0.1) is 42.2 Å². The Bertz CT molecular complexity index is 744. The molecule has 0 unspecified atom stereocenters. The molecular formula is C17H21Cl3N6O2. The minimum absolute atomic E-state index is 0. The third-order valence-corrected chi connectivity index (χ3v) is 5.03. The van der Waals surface area contributed by atoms with Crippen molar-refractivity contribution in [2.75, 3.05) is 67.7 Å². The zero-order valence-electron chi connectivity index (χ0n) is 15.1. The molecule has 0 aliphatic carbocycles. The first-order chi connectivity index (χ1) is 13.2. The Morgan fingerprint density at radius 1 is 0.786 bits per heavy atom. The number of rotatable bonds is 4. The van der Waals surface area contributed by atoms with E-state index in [1.165, 1.54) is 0 Å². The number of halogens is 3. The van der Waals surface area contributed by atoms with E-state index in [9.17, 15) is 0 Å². The van der Waals surface area contributed by atoms with E-state index in [-0.39, 0.29) is 12.4 Å². The number of ether oxygens (including phenoxy) is 2. The predicted molar refractivity (Wildman–Crippen MR) is 113 cm³/mol. The van der Waals surface area contributed by atoms with Crippen LogP contribution in [0.25, 0.3) is 0 Å². The van der Waals surface area contributed by atoms with Gasteiger partial charge in [0, 0.05) is 26.2 Å². The number of para-hydroxylation sites is 1. The van der Waals surface area contributed by atoms with Crippen molar-refractivity contribution in [3.05, 3.63) is 28.2 Å². The van der Waals surface area contributed by atoms with Crippen LogP contribution in [0.5, 0.6) is 0 Å². The minimum atomic E-state index is 0. The van der Waals surface area contributed by atoms with Gasteiger partial charge in [0.1, 0.15) is 0 Å². The highest BCUT2D eigenvalue weighted by molar-refractivity contribution is 6.39. The normalized spacial score (nSPS) is 17.2. The van der Waals surface area contributed by atoms with E-state index in [1.54, 1.807) is 18.2 Å². The van der Waals surface area contributed by atoms with Crippen molar-refractivity contribution in [2.45, 2.75) is 0 Å². The summed E-state index contributed by atoms with van der Waals surface area (Å²) in [6.07, 6.45) is 0. The average Bonchev–Trinajstić information content (AvgIpc) is 2.72. The third kappa shape index (κ3) is 4.87. The SMILES string of the molecule is Cl.Clc1cccc(Cl)c1Nc1nc(N2CCOCC2)nc(N2CCOCC2)n1. The van der Waals surface area contributed by atoms with Crippen molar-refractivity contribution >= 4 is 59.1 Å². The molecule has 11 heteroatoms. The van der Waals surface area contributed by atoms with E-state index in [2.05, 4.69) is 30.1 Å². The Morgan fingerprint density at radius 2 is 1.25 bits per heavy atom. The molecule has 2 aromatic rings. The van der Waals surface area contributed by atoms with Crippen LogP contribution in [0.1, 0.15) is 0 Å². The highest BCUT2D eigenvalue weighted by Gasteiger charge is 2.21. The average molecular weight is 448 g/mol. The summed E-state index contributed by atoms with van der Waals surface area (Å²) in [5.41, 5.74) is 0.577. The molecule has 0 radical (unpaired) electrons. The summed E-state index contributed by atoms with van der Waals surface area (Å²) < 4.78 is 10.9. The molecule has 2 aliphatic rings. The van der Waals surface area contributed by atoms with Crippen molar-refractivity contribution in [2.24, 2.45) is 0 Å². The quantitative estimate of drug-likeness (QED) is 0.766. The van der Waals surface area contributed by atoms with Crippen LogP contribution in [-0.4, -0.2) is 67.6 Å². The van der Waals surface area contributed by atoms with E-state index in [4.69, 9.17) is 32.7 Å². The van der Waals surface area contributed by atoms with E-state index in [0.717, 1.165) is 26.2 Å². The summed E-state index contributed by atoms with van der Waals surface area (Å²) in [6, 6.07) is 5.33. The summed E-state index contributed by atoms with van der Waals surface area (Å²) in [7, 11) is 0. The van der Waals surface area contributed by atoms with Crippen molar-refractivity contribution in [1.29, 1.82) is 0 Å². The third-order valence-electron chi connectivity index (χ3n) is 4.40. The molecule has 0 amide bonds. The van der Waals surface area contributed by atoms with Crippen LogP contribution in [0, 0.1) is 0 Å². The number of hydrogen-bond acceptors (Lipinski definition) is 8. The lowest BCUT2D eigenvalue weighted by atomic mass is 10.3. The molecule has 2 aliphatic heterocycles.